The first kappa shape index (κ1) is 18.4. The number of methoxy groups -OCH3 is 1. The number of benzene rings is 1. The van der Waals surface area contributed by atoms with Crippen LogP contribution in [0.15, 0.2) is 29.1 Å². The van der Waals surface area contributed by atoms with Crippen molar-refractivity contribution in [2.45, 2.75) is 39.2 Å². The molecule has 0 spiro atoms. The molecule has 2 heterocycles. The van der Waals surface area contributed by atoms with Crippen molar-refractivity contribution in [2.24, 2.45) is 5.92 Å². The monoisotopic (exact) mass is 358 g/mol. The molecule has 140 valence electrons. The predicted molar refractivity (Wildman–Crippen MR) is 97.9 cm³/mol. The number of anilines is 1. The normalized spacial score (nSPS) is 17.8. The van der Waals surface area contributed by atoms with Crippen LogP contribution in [0.4, 0.5) is 5.69 Å². The van der Waals surface area contributed by atoms with Crippen LogP contribution < -0.4 is 10.1 Å². The van der Waals surface area contributed by atoms with E-state index in [0.717, 1.165) is 55.2 Å². The minimum atomic E-state index is 0.0635. The van der Waals surface area contributed by atoms with E-state index in [9.17, 15) is 4.79 Å². The molecule has 1 aliphatic rings. The Labute approximate surface area is 153 Å². The number of aromatic nitrogens is 2. The highest BCUT2D eigenvalue weighted by Crippen LogP contribution is 2.24. The van der Waals surface area contributed by atoms with Crippen LogP contribution in [0.25, 0.3) is 0 Å². The van der Waals surface area contributed by atoms with Gasteiger partial charge in [-0.1, -0.05) is 5.16 Å². The molecule has 1 aromatic carbocycles. The molecule has 1 aromatic heterocycles. The summed E-state index contributed by atoms with van der Waals surface area (Å²) in [6, 6.07) is 5.67. The Bertz CT molecular complexity index is 718. The lowest BCUT2D eigenvalue weighted by atomic mass is 9.93. The molecule has 1 saturated heterocycles. The van der Waals surface area contributed by atoms with Gasteiger partial charge in [-0.15, -0.1) is 0 Å². The zero-order valence-corrected chi connectivity index (χ0v) is 15.4. The molecule has 1 amide bonds. The van der Waals surface area contributed by atoms with Crippen LogP contribution in [0.3, 0.4) is 0 Å². The van der Waals surface area contributed by atoms with Crippen molar-refractivity contribution in [3.05, 3.63) is 36.0 Å². The van der Waals surface area contributed by atoms with E-state index in [1.54, 1.807) is 7.11 Å². The SMILES string of the molecule is COc1ccc(NC(=O)CC[C@H]2CCCN(Cc3ncon3)C2)c(C)c1. The fourth-order valence-corrected chi connectivity index (χ4v) is 3.44. The molecule has 0 bridgehead atoms. The molecule has 1 fully saturated rings. The van der Waals surface area contributed by atoms with Crippen LogP contribution in [0, 0.1) is 12.8 Å². The Balaban J connectivity index is 1.45. The molecule has 1 atom stereocenters. The topological polar surface area (TPSA) is 80.5 Å². The number of likely N-dealkylation sites (tertiary alicyclic amines) is 1. The number of aryl methyl sites for hydroxylation is 1. The second-order valence-electron chi connectivity index (χ2n) is 6.86. The number of piperidine rings is 1. The number of hydrogen-bond donors (Lipinski definition) is 1. The highest BCUT2D eigenvalue weighted by molar-refractivity contribution is 5.91. The van der Waals surface area contributed by atoms with Gasteiger partial charge in [0, 0.05) is 18.7 Å². The van der Waals surface area contributed by atoms with Gasteiger partial charge in [-0.05, 0) is 62.4 Å². The lowest BCUT2D eigenvalue weighted by Gasteiger charge is -2.31. The first-order valence-corrected chi connectivity index (χ1v) is 9.06. The molecule has 26 heavy (non-hydrogen) atoms. The van der Waals surface area contributed by atoms with Gasteiger partial charge in [0.05, 0.1) is 13.7 Å². The number of carbonyl (C=O) groups is 1. The number of rotatable bonds is 7. The van der Waals surface area contributed by atoms with Crippen molar-refractivity contribution < 1.29 is 14.1 Å². The molecule has 2 aromatic rings. The molecule has 7 nitrogen and oxygen atoms in total. The third kappa shape index (κ3) is 5.05. The summed E-state index contributed by atoms with van der Waals surface area (Å²) >= 11 is 0. The third-order valence-corrected chi connectivity index (χ3v) is 4.86. The summed E-state index contributed by atoms with van der Waals surface area (Å²) in [7, 11) is 1.64. The summed E-state index contributed by atoms with van der Waals surface area (Å²) in [6.45, 7) is 4.70. The van der Waals surface area contributed by atoms with Gasteiger partial charge in [0.2, 0.25) is 12.3 Å². The Hall–Kier alpha value is -2.41. The van der Waals surface area contributed by atoms with Crippen molar-refractivity contribution in [1.82, 2.24) is 15.0 Å². The number of carbonyl (C=O) groups excluding carboxylic acids is 1. The summed E-state index contributed by atoms with van der Waals surface area (Å²) in [6.07, 6.45) is 5.09. The standard InChI is InChI=1S/C19H26N4O3/c1-14-10-16(25-2)6-7-17(14)21-19(24)8-5-15-4-3-9-23(11-15)12-18-20-13-26-22-18/h6-7,10,13,15H,3-5,8-9,11-12H2,1-2H3,(H,21,24)/t15-/m1/s1. The molecule has 0 saturated carbocycles. The number of amides is 1. The maximum atomic E-state index is 12.3. The Morgan fingerprint density at radius 2 is 2.35 bits per heavy atom. The highest BCUT2D eigenvalue weighted by atomic mass is 16.5. The van der Waals surface area contributed by atoms with E-state index >= 15 is 0 Å². The average molecular weight is 358 g/mol. The Morgan fingerprint density at radius 1 is 1.46 bits per heavy atom. The minimum Gasteiger partial charge on any atom is -0.497 e. The van der Waals surface area contributed by atoms with Gasteiger partial charge in [0.25, 0.3) is 0 Å². The smallest absolute Gasteiger partial charge is 0.224 e. The van der Waals surface area contributed by atoms with Crippen molar-refractivity contribution in [3.8, 4) is 5.75 Å². The van der Waals surface area contributed by atoms with E-state index in [2.05, 4.69) is 20.4 Å². The van der Waals surface area contributed by atoms with Crippen LogP contribution in [0.1, 0.15) is 37.1 Å². The zero-order chi connectivity index (χ0) is 18.4. The molecular weight excluding hydrogens is 332 g/mol. The first-order valence-electron chi connectivity index (χ1n) is 9.06. The molecule has 0 aliphatic carbocycles. The average Bonchev–Trinajstić information content (AvgIpc) is 3.15. The zero-order valence-electron chi connectivity index (χ0n) is 15.4. The minimum absolute atomic E-state index is 0.0635. The summed E-state index contributed by atoms with van der Waals surface area (Å²) in [4.78, 5) is 18.7. The molecular formula is C19H26N4O3. The molecule has 0 radical (unpaired) electrons. The van der Waals surface area contributed by atoms with Crippen molar-refractivity contribution in [1.29, 1.82) is 0 Å². The Morgan fingerprint density at radius 3 is 3.08 bits per heavy atom. The van der Waals surface area contributed by atoms with Crippen LogP contribution in [0.2, 0.25) is 0 Å². The van der Waals surface area contributed by atoms with Gasteiger partial charge in [-0.2, -0.15) is 4.98 Å². The van der Waals surface area contributed by atoms with Crippen LogP contribution in [0.5, 0.6) is 5.75 Å². The summed E-state index contributed by atoms with van der Waals surface area (Å²) < 4.78 is 9.99. The first-order chi connectivity index (χ1) is 12.6. The van der Waals surface area contributed by atoms with E-state index in [1.165, 1.54) is 6.39 Å². The number of nitrogens with one attached hydrogen (secondary N) is 1. The lowest BCUT2D eigenvalue weighted by Crippen LogP contribution is -2.35. The summed E-state index contributed by atoms with van der Waals surface area (Å²) in [5.41, 5.74) is 1.85. The largest absolute Gasteiger partial charge is 0.497 e. The fourth-order valence-electron chi connectivity index (χ4n) is 3.44. The number of nitrogens with zero attached hydrogens (tertiary/aromatic N) is 3. The summed E-state index contributed by atoms with van der Waals surface area (Å²) in [5, 5.41) is 6.88. The fraction of sp³-hybridized carbons (Fsp3) is 0.526. The van der Waals surface area contributed by atoms with Gasteiger partial charge in [-0.3, -0.25) is 9.69 Å². The number of hydrogen-bond acceptors (Lipinski definition) is 6. The van der Waals surface area contributed by atoms with Gasteiger partial charge in [0.15, 0.2) is 5.82 Å². The van der Waals surface area contributed by atoms with E-state index in [-0.39, 0.29) is 5.91 Å². The third-order valence-electron chi connectivity index (χ3n) is 4.86. The molecule has 0 unspecified atom stereocenters. The highest BCUT2D eigenvalue weighted by Gasteiger charge is 2.21. The van der Waals surface area contributed by atoms with Crippen molar-refractivity contribution in [3.63, 3.8) is 0 Å². The summed E-state index contributed by atoms with van der Waals surface area (Å²) in [5.74, 6) is 2.11. The van der Waals surface area contributed by atoms with Gasteiger partial charge in [0.1, 0.15) is 5.75 Å². The maximum Gasteiger partial charge on any atom is 0.224 e. The molecule has 1 N–H and O–H groups in total. The maximum absolute atomic E-state index is 12.3. The second kappa shape index (κ2) is 8.80. The van der Waals surface area contributed by atoms with E-state index in [1.807, 2.05) is 25.1 Å². The van der Waals surface area contributed by atoms with Crippen molar-refractivity contribution >= 4 is 11.6 Å². The van der Waals surface area contributed by atoms with Crippen LogP contribution in [-0.4, -0.2) is 41.1 Å². The second-order valence-corrected chi connectivity index (χ2v) is 6.86. The number of ether oxygens (including phenoxy) is 1. The van der Waals surface area contributed by atoms with Gasteiger partial charge >= 0.3 is 0 Å². The lowest BCUT2D eigenvalue weighted by molar-refractivity contribution is -0.116. The molecule has 1 aliphatic heterocycles. The van der Waals surface area contributed by atoms with E-state index < -0.39 is 0 Å². The molecule has 3 rings (SSSR count). The van der Waals surface area contributed by atoms with Gasteiger partial charge < -0.3 is 14.6 Å². The predicted octanol–water partition coefficient (Wildman–Crippen LogP) is 3.02. The van der Waals surface area contributed by atoms with E-state index in [4.69, 9.17) is 9.26 Å². The Kier molecular flexibility index (Phi) is 6.22. The molecule has 7 heteroatoms. The van der Waals surface area contributed by atoms with Crippen LogP contribution >= 0.6 is 0 Å². The van der Waals surface area contributed by atoms with E-state index in [0.29, 0.717) is 18.9 Å². The van der Waals surface area contributed by atoms with Crippen LogP contribution in [-0.2, 0) is 11.3 Å². The van der Waals surface area contributed by atoms with Crippen molar-refractivity contribution in [2.75, 3.05) is 25.5 Å². The quantitative estimate of drug-likeness (QED) is 0.819. The van der Waals surface area contributed by atoms with Gasteiger partial charge in [-0.25, -0.2) is 0 Å².